The van der Waals surface area contributed by atoms with E-state index in [1.165, 1.54) is 11.9 Å². The number of ether oxygens (including phenoxy) is 1. The highest BCUT2D eigenvalue weighted by molar-refractivity contribution is 5.91. The number of nitrogen functional groups attached to an aromatic ring is 1. The summed E-state index contributed by atoms with van der Waals surface area (Å²) in [7, 11) is 0. The van der Waals surface area contributed by atoms with E-state index >= 15 is 0 Å². The van der Waals surface area contributed by atoms with Gasteiger partial charge in [-0.1, -0.05) is 18.2 Å². The van der Waals surface area contributed by atoms with Gasteiger partial charge in [0.2, 0.25) is 0 Å². The van der Waals surface area contributed by atoms with E-state index < -0.39 is 0 Å². The minimum absolute atomic E-state index is 0.357. The van der Waals surface area contributed by atoms with Crippen molar-refractivity contribution in [2.75, 3.05) is 12.3 Å². The maximum Gasteiger partial charge on any atom is 0.0754 e. The Hall–Kier alpha value is -1.48. The molecule has 1 aromatic heterocycles. The molecular weight excluding hydrogens is 200 g/mol. The van der Waals surface area contributed by atoms with Crippen LogP contribution in [0.4, 0.5) is 5.69 Å². The Morgan fingerprint density at radius 1 is 1.38 bits per heavy atom. The summed E-state index contributed by atoms with van der Waals surface area (Å²) in [5, 5.41) is 1.14. The number of nitrogens with zero attached hydrogens (tertiary/aromatic N) is 1. The molecule has 0 amide bonds. The number of rotatable bonds is 2. The Labute approximate surface area is 94.8 Å². The summed E-state index contributed by atoms with van der Waals surface area (Å²) >= 11 is 0. The third-order valence-electron chi connectivity index (χ3n) is 3.24. The quantitative estimate of drug-likeness (QED) is 0.837. The molecule has 0 radical (unpaired) electrons. The van der Waals surface area contributed by atoms with Crippen LogP contribution in [-0.4, -0.2) is 17.3 Å². The van der Waals surface area contributed by atoms with Gasteiger partial charge in [0.1, 0.15) is 0 Å². The molecule has 1 aliphatic rings. The molecule has 2 aromatic rings. The molecule has 0 spiro atoms. The van der Waals surface area contributed by atoms with Crippen LogP contribution in [0.3, 0.4) is 0 Å². The van der Waals surface area contributed by atoms with Crippen LogP contribution >= 0.6 is 0 Å². The maximum atomic E-state index is 5.99. The fraction of sp³-hybridized carbons (Fsp3) is 0.385. The predicted octanol–water partition coefficient (Wildman–Crippen LogP) is 2.40. The lowest BCUT2D eigenvalue weighted by atomic mass is 10.2. The van der Waals surface area contributed by atoms with Crippen LogP contribution in [0, 0.1) is 0 Å². The molecule has 0 aliphatic carbocycles. The Kier molecular flexibility index (Phi) is 2.33. The fourth-order valence-corrected chi connectivity index (χ4v) is 2.43. The number of nitrogens with two attached hydrogens (primary N) is 1. The Bertz CT molecular complexity index is 498. The second-order valence-electron chi connectivity index (χ2n) is 4.39. The van der Waals surface area contributed by atoms with Crippen molar-refractivity contribution < 1.29 is 4.74 Å². The molecule has 3 rings (SSSR count). The van der Waals surface area contributed by atoms with Gasteiger partial charge < -0.3 is 15.0 Å². The first-order valence-corrected chi connectivity index (χ1v) is 5.79. The van der Waals surface area contributed by atoms with Gasteiger partial charge in [-0.2, -0.15) is 0 Å². The molecule has 3 nitrogen and oxygen atoms in total. The molecule has 2 heterocycles. The lowest BCUT2D eigenvalue weighted by Crippen LogP contribution is -2.13. The molecule has 1 unspecified atom stereocenters. The van der Waals surface area contributed by atoms with E-state index in [-0.39, 0.29) is 0 Å². The Morgan fingerprint density at radius 2 is 2.25 bits per heavy atom. The van der Waals surface area contributed by atoms with Crippen molar-refractivity contribution in [3.8, 4) is 0 Å². The van der Waals surface area contributed by atoms with E-state index in [0.29, 0.717) is 6.10 Å². The molecule has 0 saturated carbocycles. The second-order valence-corrected chi connectivity index (χ2v) is 4.39. The normalized spacial score (nSPS) is 20.6. The zero-order valence-corrected chi connectivity index (χ0v) is 9.23. The largest absolute Gasteiger partial charge is 0.397 e. The SMILES string of the molecule is Nc1cn(CC2CCCO2)c2ccccc12. The molecule has 84 valence electrons. The minimum Gasteiger partial charge on any atom is -0.397 e. The minimum atomic E-state index is 0.357. The van der Waals surface area contributed by atoms with E-state index in [1.807, 2.05) is 18.3 Å². The van der Waals surface area contributed by atoms with Crippen LogP contribution in [0.2, 0.25) is 0 Å². The van der Waals surface area contributed by atoms with Crippen LogP contribution in [0.5, 0.6) is 0 Å². The standard InChI is InChI=1S/C13H16N2O/c14-12-9-15(8-10-4-3-7-16-10)13-6-2-1-5-11(12)13/h1-2,5-6,9-10H,3-4,7-8,14H2. The summed E-state index contributed by atoms with van der Waals surface area (Å²) < 4.78 is 7.86. The molecule has 16 heavy (non-hydrogen) atoms. The van der Waals surface area contributed by atoms with Gasteiger partial charge in [0, 0.05) is 24.7 Å². The van der Waals surface area contributed by atoms with Crippen molar-refractivity contribution in [3.63, 3.8) is 0 Å². The summed E-state index contributed by atoms with van der Waals surface area (Å²) in [6, 6.07) is 8.25. The number of hydrogen-bond donors (Lipinski definition) is 1. The van der Waals surface area contributed by atoms with E-state index in [4.69, 9.17) is 10.5 Å². The van der Waals surface area contributed by atoms with Gasteiger partial charge >= 0.3 is 0 Å². The van der Waals surface area contributed by atoms with Crippen molar-refractivity contribution in [2.24, 2.45) is 0 Å². The van der Waals surface area contributed by atoms with Gasteiger partial charge in [-0.3, -0.25) is 0 Å². The Morgan fingerprint density at radius 3 is 3.06 bits per heavy atom. The first-order valence-electron chi connectivity index (χ1n) is 5.79. The molecule has 3 heteroatoms. The highest BCUT2D eigenvalue weighted by atomic mass is 16.5. The van der Waals surface area contributed by atoms with Crippen molar-refractivity contribution >= 4 is 16.6 Å². The van der Waals surface area contributed by atoms with Gasteiger partial charge in [0.05, 0.1) is 17.3 Å². The molecule has 2 N–H and O–H groups in total. The topological polar surface area (TPSA) is 40.2 Å². The fourth-order valence-electron chi connectivity index (χ4n) is 2.43. The lowest BCUT2D eigenvalue weighted by Gasteiger charge is -2.11. The van der Waals surface area contributed by atoms with Crippen LogP contribution in [0.25, 0.3) is 10.9 Å². The molecule has 1 aromatic carbocycles. The van der Waals surface area contributed by atoms with Crippen molar-refractivity contribution in [1.29, 1.82) is 0 Å². The molecule has 1 aliphatic heterocycles. The van der Waals surface area contributed by atoms with E-state index in [0.717, 1.165) is 30.6 Å². The van der Waals surface area contributed by atoms with E-state index in [2.05, 4.69) is 16.7 Å². The van der Waals surface area contributed by atoms with Crippen molar-refractivity contribution in [2.45, 2.75) is 25.5 Å². The highest BCUT2D eigenvalue weighted by Gasteiger charge is 2.17. The third kappa shape index (κ3) is 1.57. The van der Waals surface area contributed by atoms with Gasteiger partial charge in [0.15, 0.2) is 0 Å². The van der Waals surface area contributed by atoms with Gasteiger partial charge in [-0.05, 0) is 18.9 Å². The first kappa shape index (κ1) is 9.73. The van der Waals surface area contributed by atoms with E-state index in [1.54, 1.807) is 0 Å². The smallest absolute Gasteiger partial charge is 0.0754 e. The van der Waals surface area contributed by atoms with Crippen LogP contribution in [-0.2, 0) is 11.3 Å². The second kappa shape index (κ2) is 3.83. The molecular formula is C13H16N2O. The van der Waals surface area contributed by atoms with Crippen LogP contribution < -0.4 is 5.73 Å². The van der Waals surface area contributed by atoms with Gasteiger partial charge in [-0.25, -0.2) is 0 Å². The van der Waals surface area contributed by atoms with Crippen molar-refractivity contribution in [1.82, 2.24) is 4.57 Å². The zero-order chi connectivity index (χ0) is 11.0. The number of para-hydroxylation sites is 1. The Balaban J connectivity index is 1.96. The summed E-state index contributed by atoms with van der Waals surface area (Å²) in [4.78, 5) is 0. The van der Waals surface area contributed by atoms with Gasteiger partial charge in [0.25, 0.3) is 0 Å². The lowest BCUT2D eigenvalue weighted by molar-refractivity contribution is 0.0980. The van der Waals surface area contributed by atoms with Crippen molar-refractivity contribution in [3.05, 3.63) is 30.5 Å². The zero-order valence-electron chi connectivity index (χ0n) is 9.23. The summed E-state index contributed by atoms with van der Waals surface area (Å²) in [6.07, 6.45) is 4.72. The molecule has 1 saturated heterocycles. The first-order chi connectivity index (χ1) is 7.84. The highest BCUT2D eigenvalue weighted by Crippen LogP contribution is 2.25. The van der Waals surface area contributed by atoms with E-state index in [9.17, 15) is 0 Å². The number of fused-ring (bicyclic) bond motifs is 1. The molecule has 1 fully saturated rings. The van der Waals surface area contributed by atoms with Crippen LogP contribution in [0.1, 0.15) is 12.8 Å². The van der Waals surface area contributed by atoms with Crippen LogP contribution in [0.15, 0.2) is 30.5 Å². The maximum absolute atomic E-state index is 5.99. The number of aromatic nitrogens is 1. The average molecular weight is 216 g/mol. The average Bonchev–Trinajstić information content (AvgIpc) is 2.90. The third-order valence-corrected chi connectivity index (χ3v) is 3.24. The summed E-state index contributed by atoms with van der Waals surface area (Å²) in [5.74, 6) is 0. The number of anilines is 1. The summed E-state index contributed by atoms with van der Waals surface area (Å²) in [6.45, 7) is 1.82. The predicted molar refractivity (Wildman–Crippen MR) is 65.3 cm³/mol. The molecule has 1 atom stereocenters. The molecule has 0 bridgehead atoms. The number of benzene rings is 1. The monoisotopic (exact) mass is 216 g/mol. The summed E-state index contributed by atoms with van der Waals surface area (Å²) in [5.41, 5.74) is 8.05. The number of hydrogen-bond acceptors (Lipinski definition) is 2. The van der Waals surface area contributed by atoms with Gasteiger partial charge in [-0.15, -0.1) is 0 Å².